The number of carbonyl (C=O) groups is 1. The zero-order chi connectivity index (χ0) is 14.1. The van der Waals surface area contributed by atoms with Gasteiger partial charge >= 0.3 is 5.97 Å². The molecule has 94 valence electrons. The highest BCUT2D eigenvalue weighted by Crippen LogP contribution is 2.11. The number of ether oxygens (including phenoxy) is 1. The number of benzene rings is 1. The molecule has 19 heavy (non-hydrogen) atoms. The molecule has 0 unspecified atom stereocenters. The summed E-state index contributed by atoms with van der Waals surface area (Å²) in [7, 11) is 1.21. The van der Waals surface area contributed by atoms with Gasteiger partial charge in [0, 0.05) is 12.3 Å². The molecule has 0 heterocycles. The third-order valence-electron chi connectivity index (χ3n) is 2.22. The highest BCUT2D eigenvalue weighted by molar-refractivity contribution is 5.83. The Morgan fingerprint density at radius 3 is 2.47 bits per heavy atom. The second kappa shape index (κ2) is 6.73. The minimum absolute atomic E-state index is 0.648. The molecule has 5 heteroatoms. The Morgan fingerprint density at radius 2 is 1.95 bits per heavy atom. The first-order valence-electron chi connectivity index (χ1n) is 5.36. The van der Waals surface area contributed by atoms with Gasteiger partial charge in [-0.05, 0) is 11.6 Å². The third-order valence-corrected chi connectivity index (χ3v) is 2.22. The van der Waals surface area contributed by atoms with Gasteiger partial charge in [0.15, 0.2) is 0 Å². The zero-order valence-corrected chi connectivity index (χ0v) is 10.3. The predicted octanol–water partition coefficient (Wildman–Crippen LogP) is 1.62. The molecule has 0 amide bonds. The van der Waals surface area contributed by atoms with E-state index in [1.807, 2.05) is 18.2 Å². The first kappa shape index (κ1) is 14.1. The first-order chi connectivity index (χ1) is 9.15. The second-order valence-electron chi connectivity index (χ2n) is 3.52. The highest BCUT2D eigenvalue weighted by atomic mass is 16.5. The van der Waals surface area contributed by atoms with Crippen molar-refractivity contribution in [3.63, 3.8) is 0 Å². The maximum absolute atomic E-state index is 11.0. The van der Waals surface area contributed by atoms with Crippen LogP contribution in [0.2, 0.25) is 0 Å². The maximum atomic E-state index is 11.0. The van der Waals surface area contributed by atoms with Crippen molar-refractivity contribution >= 4 is 12.2 Å². The van der Waals surface area contributed by atoms with Crippen molar-refractivity contribution in [3.8, 4) is 12.1 Å². The first-order valence-corrected chi connectivity index (χ1v) is 5.36. The summed E-state index contributed by atoms with van der Waals surface area (Å²) in [5.41, 5.74) is -0.979. The summed E-state index contributed by atoms with van der Waals surface area (Å²) in [6, 6.07) is 12.6. The topological polar surface area (TPSA) is 86.2 Å². The van der Waals surface area contributed by atoms with E-state index in [0.717, 1.165) is 17.7 Å². The maximum Gasteiger partial charge on any atom is 0.330 e. The Balaban J connectivity index is 2.99. The molecule has 0 aliphatic carbocycles. The van der Waals surface area contributed by atoms with Crippen molar-refractivity contribution in [2.45, 2.75) is 5.54 Å². The van der Waals surface area contributed by atoms with E-state index in [4.69, 9.17) is 10.5 Å². The molecule has 0 saturated carbocycles. The van der Waals surface area contributed by atoms with Gasteiger partial charge in [-0.3, -0.25) is 4.99 Å². The summed E-state index contributed by atoms with van der Waals surface area (Å²) in [5.74, 6) is -0.648. The van der Waals surface area contributed by atoms with Crippen LogP contribution in [0.15, 0.2) is 47.5 Å². The van der Waals surface area contributed by atoms with Crippen LogP contribution in [0.4, 0.5) is 0 Å². The Hall–Kier alpha value is -2.92. The summed E-state index contributed by atoms with van der Waals surface area (Å²) in [4.78, 5) is 14.9. The third kappa shape index (κ3) is 4.10. The van der Waals surface area contributed by atoms with Crippen LogP contribution in [0.5, 0.6) is 0 Å². The van der Waals surface area contributed by atoms with Gasteiger partial charge in [-0.1, -0.05) is 30.3 Å². The lowest BCUT2D eigenvalue weighted by molar-refractivity contribution is -0.134. The Bertz CT molecular complexity index is 563. The molecule has 0 bridgehead atoms. The van der Waals surface area contributed by atoms with E-state index in [1.54, 1.807) is 24.3 Å². The van der Waals surface area contributed by atoms with Gasteiger partial charge in [0.25, 0.3) is 5.54 Å². The SMILES string of the molecule is COC(=O)/C=C\C(C#N)(C#N)N=Cc1ccccc1. The van der Waals surface area contributed by atoms with Crippen LogP contribution in [0.25, 0.3) is 0 Å². The summed E-state index contributed by atoms with van der Waals surface area (Å²) in [5, 5.41) is 18.1. The second-order valence-corrected chi connectivity index (χ2v) is 3.52. The lowest BCUT2D eigenvalue weighted by atomic mass is 10.0. The fourth-order valence-corrected chi connectivity index (χ4v) is 1.17. The molecule has 0 atom stereocenters. The quantitative estimate of drug-likeness (QED) is 0.463. The van der Waals surface area contributed by atoms with Gasteiger partial charge in [-0.25, -0.2) is 4.79 Å². The fraction of sp³-hybridized carbons (Fsp3) is 0.143. The van der Waals surface area contributed by atoms with Crippen molar-refractivity contribution < 1.29 is 9.53 Å². The minimum Gasteiger partial charge on any atom is -0.466 e. The standard InChI is InChI=1S/C14H11N3O2/c1-19-13(18)7-8-14(10-15,11-16)17-9-12-5-3-2-4-6-12/h2-9H,1H3/b8-7-,17-9?. The number of aliphatic imine (C=N–C) groups is 1. The molecule has 0 aromatic heterocycles. The molecule has 1 aromatic rings. The molecule has 0 aliphatic heterocycles. The smallest absolute Gasteiger partial charge is 0.330 e. The van der Waals surface area contributed by atoms with E-state index in [2.05, 4.69) is 9.73 Å². The average molecular weight is 253 g/mol. The van der Waals surface area contributed by atoms with E-state index in [0.29, 0.717) is 0 Å². The molecule has 1 aromatic carbocycles. The Morgan fingerprint density at radius 1 is 1.32 bits per heavy atom. The normalized spacial score (nSPS) is 11.1. The zero-order valence-electron chi connectivity index (χ0n) is 10.3. The monoisotopic (exact) mass is 253 g/mol. The largest absolute Gasteiger partial charge is 0.466 e. The number of nitriles is 2. The molecule has 0 fully saturated rings. The Labute approximate surface area is 111 Å². The predicted molar refractivity (Wildman–Crippen MR) is 69.1 cm³/mol. The van der Waals surface area contributed by atoms with Gasteiger partial charge in [-0.2, -0.15) is 10.5 Å². The molecule has 0 aliphatic rings. The molecule has 1 rings (SSSR count). The summed E-state index contributed by atoms with van der Waals surface area (Å²) in [6.45, 7) is 0. The van der Waals surface area contributed by atoms with Crippen LogP contribution in [0, 0.1) is 22.7 Å². The van der Waals surface area contributed by atoms with Crippen LogP contribution in [0.1, 0.15) is 5.56 Å². The van der Waals surface area contributed by atoms with E-state index in [-0.39, 0.29) is 0 Å². The summed E-state index contributed by atoms with van der Waals surface area (Å²) >= 11 is 0. The molecular formula is C14H11N3O2. The molecule has 0 saturated heterocycles. The van der Waals surface area contributed by atoms with Crippen LogP contribution in [-0.2, 0) is 9.53 Å². The van der Waals surface area contributed by atoms with Gasteiger partial charge in [-0.15, -0.1) is 0 Å². The highest BCUT2D eigenvalue weighted by Gasteiger charge is 2.25. The van der Waals surface area contributed by atoms with Crippen molar-refractivity contribution in [1.29, 1.82) is 10.5 Å². The van der Waals surface area contributed by atoms with Crippen LogP contribution in [0.3, 0.4) is 0 Å². The van der Waals surface area contributed by atoms with Gasteiger partial charge in [0.05, 0.1) is 7.11 Å². The van der Waals surface area contributed by atoms with Crippen molar-refractivity contribution in [2.24, 2.45) is 4.99 Å². The van der Waals surface area contributed by atoms with Gasteiger partial charge < -0.3 is 4.74 Å². The van der Waals surface area contributed by atoms with Crippen LogP contribution in [-0.4, -0.2) is 24.8 Å². The lowest BCUT2D eigenvalue weighted by Crippen LogP contribution is -2.19. The number of rotatable bonds is 4. The number of hydrogen-bond acceptors (Lipinski definition) is 5. The number of nitrogens with zero attached hydrogens (tertiary/aromatic N) is 3. The van der Waals surface area contributed by atoms with Crippen molar-refractivity contribution in [1.82, 2.24) is 0 Å². The number of methoxy groups -OCH3 is 1. The molecule has 0 radical (unpaired) electrons. The van der Waals surface area contributed by atoms with Gasteiger partial charge in [0.1, 0.15) is 12.1 Å². The average Bonchev–Trinajstić information content (AvgIpc) is 2.49. The van der Waals surface area contributed by atoms with Crippen molar-refractivity contribution in [3.05, 3.63) is 48.0 Å². The summed E-state index contributed by atoms with van der Waals surface area (Å²) < 4.78 is 4.40. The minimum atomic E-state index is -1.73. The number of hydrogen-bond donors (Lipinski definition) is 0. The molecular weight excluding hydrogens is 242 g/mol. The number of carbonyl (C=O) groups excluding carboxylic acids is 1. The molecule has 5 nitrogen and oxygen atoms in total. The molecule has 0 spiro atoms. The van der Waals surface area contributed by atoms with E-state index < -0.39 is 11.5 Å². The van der Waals surface area contributed by atoms with E-state index in [1.165, 1.54) is 13.3 Å². The molecule has 0 N–H and O–H groups in total. The van der Waals surface area contributed by atoms with Crippen LogP contribution >= 0.6 is 0 Å². The lowest BCUT2D eigenvalue weighted by Gasteiger charge is -2.06. The van der Waals surface area contributed by atoms with E-state index >= 15 is 0 Å². The van der Waals surface area contributed by atoms with E-state index in [9.17, 15) is 4.79 Å². The Kier molecular flexibility index (Phi) is 5.01. The van der Waals surface area contributed by atoms with Gasteiger partial charge in [0.2, 0.25) is 0 Å². The number of esters is 1. The summed E-state index contributed by atoms with van der Waals surface area (Å²) in [6.07, 6.45) is 3.53. The van der Waals surface area contributed by atoms with Crippen molar-refractivity contribution in [2.75, 3.05) is 7.11 Å². The van der Waals surface area contributed by atoms with Crippen LogP contribution < -0.4 is 0 Å². The fourth-order valence-electron chi connectivity index (χ4n) is 1.17.